The van der Waals surface area contributed by atoms with E-state index < -0.39 is 11.6 Å². The smallest absolute Gasteiger partial charge is 0.253 e. The van der Waals surface area contributed by atoms with Crippen molar-refractivity contribution in [1.29, 1.82) is 0 Å². The third-order valence-electron chi connectivity index (χ3n) is 3.11. The van der Waals surface area contributed by atoms with Gasteiger partial charge >= 0.3 is 0 Å². The number of aryl methyl sites for hydroxylation is 1. The molecule has 0 radical (unpaired) electrons. The zero-order valence-corrected chi connectivity index (χ0v) is 12.6. The molecule has 2 rings (SSSR count). The first-order chi connectivity index (χ1) is 8.63. The maximum atomic E-state index is 13.6. The van der Waals surface area contributed by atoms with Gasteiger partial charge in [-0.05, 0) is 18.6 Å². The van der Waals surface area contributed by atoms with Crippen molar-refractivity contribution in [2.75, 3.05) is 0 Å². The van der Waals surface area contributed by atoms with Crippen molar-refractivity contribution in [2.24, 2.45) is 0 Å². The van der Waals surface area contributed by atoms with E-state index in [1.807, 2.05) is 23.9 Å². The average molecular weight is 331 g/mol. The summed E-state index contributed by atoms with van der Waals surface area (Å²) in [5.74, 6) is 0.00906. The van der Waals surface area contributed by atoms with E-state index in [4.69, 9.17) is 0 Å². The molecular formula is C14H17BrF2N2. The number of halogens is 3. The lowest BCUT2D eigenvalue weighted by Gasteiger charge is -2.03. The summed E-state index contributed by atoms with van der Waals surface area (Å²) in [6.07, 6.45) is 4.83. The van der Waals surface area contributed by atoms with Crippen molar-refractivity contribution in [3.63, 3.8) is 0 Å². The van der Waals surface area contributed by atoms with Crippen LogP contribution in [0.15, 0.2) is 30.6 Å². The van der Waals surface area contributed by atoms with Gasteiger partial charge in [-0.2, -0.15) is 0 Å². The van der Waals surface area contributed by atoms with Crippen molar-refractivity contribution >= 4 is 0 Å². The third-order valence-corrected chi connectivity index (χ3v) is 3.11. The van der Waals surface area contributed by atoms with Gasteiger partial charge in [-0.15, -0.1) is 0 Å². The lowest BCUT2D eigenvalue weighted by atomic mass is 10.2. The number of hydrogen-bond donors (Lipinski definition) is 0. The van der Waals surface area contributed by atoms with Crippen LogP contribution in [0.4, 0.5) is 8.78 Å². The van der Waals surface area contributed by atoms with Crippen LogP contribution in [-0.2, 0) is 13.1 Å². The highest BCUT2D eigenvalue weighted by atomic mass is 79.9. The van der Waals surface area contributed by atoms with E-state index in [-0.39, 0.29) is 29.1 Å². The quantitative estimate of drug-likeness (QED) is 0.688. The van der Waals surface area contributed by atoms with Crippen LogP contribution in [0.5, 0.6) is 0 Å². The average Bonchev–Trinajstić information content (AvgIpc) is 2.67. The van der Waals surface area contributed by atoms with Gasteiger partial charge in [0.05, 0.1) is 12.1 Å². The molecule has 19 heavy (non-hydrogen) atoms. The van der Waals surface area contributed by atoms with E-state index in [0.717, 1.165) is 18.8 Å². The summed E-state index contributed by atoms with van der Waals surface area (Å²) >= 11 is 0. The van der Waals surface area contributed by atoms with Gasteiger partial charge in [-0.25, -0.2) is 17.9 Å². The van der Waals surface area contributed by atoms with Crippen molar-refractivity contribution in [1.82, 2.24) is 4.57 Å². The molecule has 1 aromatic heterocycles. The highest BCUT2D eigenvalue weighted by Gasteiger charge is 2.16. The first-order valence-electron chi connectivity index (χ1n) is 6.11. The van der Waals surface area contributed by atoms with Crippen molar-refractivity contribution in [2.45, 2.75) is 33.4 Å². The Morgan fingerprint density at radius 3 is 2.42 bits per heavy atom. The first kappa shape index (κ1) is 15.8. The SMILES string of the molecule is CCCn1cc[n+](Cc2c(F)cccc2F)c1C.[Br-]. The Kier molecular flexibility index (Phi) is 5.66. The molecule has 2 aromatic rings. The highest BCUT2D eigenvalue weighted by molar-refractivity contribution is 5.18. The summed E-state index contributed by atoms with van der Waals surface area (Å²) in [6, 6.07) is 3.96. The topological polar surface area (TPSA) is 8.81 Å². The number of imidazole rings is 1. The van der Waals surface area contributed by atoms with Gasteiger partial charge in [0.25, 0.3) is 5.82 Å². The van der Waals surface area contributed by atoms with Crippen molar-refractivity contribution < 1.29 is 30.3 Å². The molecule has 0 aliphatic carbocycles. The fourth-order valence-corrected chi connectivity index (χ4v) is 2.04. The Morgan fingerprint density at radius 1 is 1.21 bits per heavy atom. The Balaban J connectivity index is 0.00000180. The van der Waals surface area contributed by atoms with E-state index in [1.165, 1.54) is 18.2 Å². The van der Waals surface area contributed by atoms with Gasteiger partial charge in [-0.3, -0.25) is 0 Å². The van der Waals surface area contributed by atoms with Crippen LogP contribution in [0.3, 0.4) is 0 Å². The summed E-state index contributed by atoms with van der Waals surface area (Å²) in [6.45, 7) is 5.19. The molecular weight excluding hydrogens is 314 g/mol. The van der Waals surface area contributed by atoms with E-state index in [0.29, 0.717) is 0 Å². The fraction of sp³-hybridized carbons (Fsp3) is 0.357. The summed E-state index contributed by atoms with van der Waals surface area (Å²) in [5, 5.41) is 0. The van der Waals surface area contributed by atoms with Gasteiger partial charge in [0, 0.05) is 6.92 Å². The molecule has 0 saturated heterocycles. The predicted molar refractivity (Wildman–Crippen MR) is 65.1 cm³/mol. The minimum atomic E-state index is -0.495. The Hall–Kier alpha value is -1.23. The maximum Gasteiger partial charge on any atom is 0.253 e. The summed E-state index contributed by atoms with van der Waals surface area (Å²) in [5.41, 5.74) is 0.111. The lowest BCUT2D eigenvalue weighted by molar-refractivity contribution is -0.694. The maximum absolute atomic E-state index is 13.6. The first-order valence-corrected chi connectivity index (χ1v) is 6.11. The van der Waals surface area contributed by atoms with Gasteiger partial charge in [-0.1, -0.05) is 13.0 Å². The Labute approximate surface area is 122 Å². The molecule has 0 aliphatic heterocycles. The normalized spacial score (nSPS) is 10.3. The Morgan fingerprint density at radius 2 is 1.84 bits per heavy atom. The van der Waals surface area contributed by atoms with Crippen molar-refractivity contribution in [3.8, 4) is 0 Å². The molecule has 1 aromatic carbocycles. The zero-order chi connectivity index (χ0) is 13.1. The van der Waals surface area contributed by atoms with E-state index >= 15 is 0 Å². The summed E-state index contributed by atoms with van der Waals surface area (Å²) < 4.78 is 31.1. The second-order valence-corrected chi connectivity index (χ2v) is 4.37. The molecule has 0 amide bonds. The van der Waals surface area contributed by atoms with E-state index in [2.05, 4.69) is 11.5 Å². The summed E-state index contributed by atoms with van der Waals surface area (Å²) in [4.78, 5) is 0. The second-order valence-electron chi connectivity index (χ2n) is 4.37. The van der Waals surface area contributed by atoms with Crippen LogP contribution < -0.4 is 21.5 Å². The fourth-order valence-electron chi connectivity index (χ4n) is 2.04. The minimum absolute atomic E-state index is 0. The predicted octanol–water partition coefficient (Wildman–Crippen LogP) is -0.175. The summed E-state index contributed by atoms with van der Waals surface area (Å²) in [7, 11) is 0. The molecule has 0 spiro atoms. The third kappa shape index (κ3) is 3.41. The van der Waals surface area contributed by atoms with Crippen LogP contribution >= 0.6 is 0 Å². The van der Waals surface area contributed by atoms with Gasteiger partial charge in [0.15, 0.2) is 0 Å². The van der Waals surface area contributed by atoms with Crippen LogP contribution in [0.25, 0.3) is 0 Å². The molecule has 0 fully saturated rings. The molecule has 0 bridgehead atoms. The zero-order valence-electron chi connectivity index (χ0n) is 11.0. The second kappa shape index (κ2) is 6.80. The monoisotopic (exact) mass is 330 g/mol. The van der Waals surface area contributed by atoms with E-state index in [1.54, 1.807) is 0 Å². The minimum Gasteiger partial charge on any atom is -1.00 e. The molecule has 0 saturated carbocycles. The van der Waals surface area contributed by atoms with Crippen molar-refractivity contribution in [3.05, 3.63) is 53.6 Å². The molecule has 104 valence electrons. The molecule has 0 atom stereocenters. The number of aromatic nitrogens is 2. The van der Waals surface area contributed by atoms with Crippen LogP contribution in [0.1, 0.15) is 24.7 Å². The van der Waals surface area contributed by atoms with Crippen LogP contribution in [-0.4, -0.2) is 4.57 Å². The number of benzene rings is 1. The van der Waals surface area contributed by atoms with Crippen LogP contribution in [0.2, 0.25) is 0 Å². The standard InChI is InChI=1S/C14H17F2N2.BrH/c1-3-7-17-8-9-18(11(17)2)10-12-13(15)5-4-6-14(12)16;/h4-6,8-9H,3,7,10H2,1-2H3;1H/q+1;/p-1. The molecule has 0 unspecified atom stereocenters. The molecule has 1 heterocycles. The number of rotatable bonds is 4. The van der Waals surface area contributed by atoms with Gasteiger partial charge in [0.1, 0.15) is 30.6 Å². The molecule has 0 aliphatic rings. The molecule has 2 nitrogen and oxygen atoms in total. The van der Waals surface area contributed by atoms with Gasteiger partial charge < -0.3 is 17.0 Å². The largest absolute Gasteiger partial charge is 1.00 e. The van der Waals surface area contributed by atoms with Gasteiger partial charge in [0.2, 0.25) is 0 Å². The Bertz CT molecular complexity index is 532. The van der Waals surface area contributed by atoms with E-state index in [9.17, 15) is 8.78 Å². The molecule has 5 heteroatoms. The molecule has 0 N–H and O–H groups in total. The van der Waals surface area contributed by atoms with Crippen LogP contribution in [0, 0.1) is 18.6 Å². The number of hydrogen-bond acceptors (Lipinski definition) is 0. The highest BCUT2D eigenvalue weighted by Crippen LogP contribution is 2.11. The lowest BCUT2D eigenvalue weighted by Crippen LogP contribution is -3.00. The number of nitrogens with zero attached hydrogens (tertiary/aromatic N) is 2.